The van der Waals surface area contributed by atoms with Crippen molar-refractivity contribution < 1.29 is 33.8 Å². The summed E-state index contributed by atoms with van der Waals surface area (Å²) in [5.74, 6) is -6.31. The molecule has 44 heavy (non-hydrogen) atoms. The van der Waals surface area contributed by atoms with Gasteiger partial charge in [0.15, 0.2) is 0 Å². The molecule has 0 spiro atoms. The van der Waals surface area contributed by atoms with Gasteiger partial charge < -0.3 is 9.84 Å². The monoisotopic (exact) mass is 610 g/mol. The van der Waals surface area contributed by atoms with Crippen LogP contribution in [0, 0.1) is 23.7 Å². The summed E-state index contributed by atoms with van der Waals surface area (Å²) in [7, 11) is 1.11. The first kappa shape index (κ1) is 28.0. The largest absolute Gasteiger partial charge is 0.508 e. The zero-order valence-corrected chi connectivity index (χ0v) is 24.3. The summed E-state index contributed by atoms with van der Waals surface area (Å²) in [6.45, 7) is 0. The molecule has 222 valence electrons. The Hall–Kier alpha value is -4.76. The number of methoxy groups -OCH3 is 1. The van der Waals surface area contributed by atoms with Crippen LogP contribution in [-0.4, -0.2) is 46.8 Å². The SMILES string of the molecule is COC(=O)N1C(=O)[C@H]2[C@H](CC=C3[C@H]2C[C@H]2C(=O)N(c4cccc(Cl)c4)C(=O)[C@@]2(c2ccccc2)[C@H]3c2cccc(O)c2)C1=O. The smallest absolute Gasteiger partial charge is 0.423 e. The van der Waals surface area contributed by atoms with E-state index in [-0.39, 0.29) is 18.6 Å². The number of imide groups is 4. The lowest BCUT2D eigenvalue weighted by molar-refractivity contribution is -0.138. The van der Waals surface area contributed by atoms with Crippen LogP contribution in [0.4, 0.5) is 10.5 Å². The van der Waals surface area contributed by atoms with Gasteiger partial charge in [0.2, 0.25) is 23.6 Å². The van der Waals surface area contributed by atoms with Crippen molar-refractivity contribution in [1.82, 2.24) is 4.90 Å². The topological polar surface area (TPSA) is 121 Å². The number of carbonyl (C=O) groups is 5. The van der Waals surface area contributed by atoms with Crippen LogP contribution in [0.25, 0.3) is 0 Å². The van der Waals surface area contributed by atoms with E-state index in [0.29, 0.717) is 26.7 Å². The molecule has 7 rings (SSSR count). The number of phenols is 1. The second kappa shape index (κ2) is 10.2. The van der Waals surface area contributed by atoms with Crippen LogP contribution >= 0.6 is 11.6 Å². The molecule has 0 unspecified atom stereocenters. The molecule has 4 aliphatic rings. The van der Waals surface area contributed by atoms with E-state index in [0.717, 1.165) is 12.7 Å². The Morgan fingerprint density at radius 3 is 2.36 bits per heavy atom. The van der Waals surface area contributed by atoms with E-state index in [2.05, 4.69) is 0 Å². The Balaban J connectivity index is 1.49. The van der Waals surface area contributed by atoms with Crippen molar-refractivity contribution in [2.45, 2.75) is 24.2 Å². The van der Waals surface area contributed by atoms with Gasteiger partial charge >= 0.3 is 6.09 Å². The Morgan fingerprint density at radius 2 is 1.66 bits per heavy atom. The first-order valence-corrected chi connectivity index (χ1v) is 14.7. The van der Waals surface area contributed by atoms with Crippen LogP contribution in [0.15, 0.2) is 90.5 Å². The molecule has 2 heterocycles. The summed E-state index contributed by atoms with van der Waals surface area (Å²) in [4.78, 5) is 70.9. The number of carbonyl (C=O) groups excluding carboxylic acids is 5. The highest BCUT2D eigenvalue weighted by Gasteiger charge is 2.70. The van der Waals surface area contributed by atoms with E-state index in [1.807, 2.05) is 36.4 Å². The fourth-order valence-electron chi connectivity index (χ4n) is 8.09. The van der Waals surface area contributed by atoms with Crippen LogP contribution in [0.5, 0.6) is 5.75 Å². The minimum Gasteiger partial charge on any atom is -0.508 e. The predicted molar refractivity (Wildman–Crippen MR) is 158 cm³/mol. The van der Waals surface area contributed by atoms with Crippen LogP contribution in [0.2, 0.25) is 5.02 Å². The predicted octanol–water partition coefficient (Wildman–Crippen LogP) is 4.97. The molecule has 10 heteroatoms. The lowest BCUT2D eigenvalue weighted by atomic mass is 9.49. The van der Waals surface area contributed by atoms with Gasteiger partial charge in [-0.2, -0.15) is 4.90 Å². The fraction of sp³-hybridized carbons (Fsp3) is 0.265. The van der Waals surface area contributed by atoms with Crippen LogP contribution in [0.1, 0.15) is 29.9 Å². The van der Waals surface area contributed by atoms with Gasteiger partial charge in [0.05, 0.1) is 36.0 Å². The highest BCUT2D eigenvalue weighted by atomic mass is 35.5. The minimum absolute atomic E-state index is 0.0221. The summed E-state index contributed by atoms with van der Waals surface area (Å²) in [6, 6.07) is 22.2. The molecular formula is C34H27ClN2O7. The number of nitrogens with zero attached hydrogens (tertiary/aromatic N) is 2. The molecule has 3 aromatic carbocycles. The molecule has 5 amide bonds. The third-order valence-corrected chi connectivity index (χ3v) is 9.96. The van der Waals surface area contributed by atoms with Crippen LogP contribution in [0.3, 0.4) is 0 Å². The highest BCUT2D eigenvalue weighted by Crippen LogP contribution is 2.64. The Labute approximate surface area is 257 Å². The van der Waals surface area contributed by atoms with Gasteiger partial charge in [-0.3, -0.25) is 19.2 Å². The van der Waals surface area contributed by atoms with Crippen molar-refractivity contribution in [2.24, 2.45) is 23.7 Å². The number of ether oxygens (including phenoxy) is 1. The number of phenolic OH excluding ortho intramolecular Hbond substituents is 1. The maximum Gasteiger partial charge on any atom is 0.423 e. The van der Waals surface area contributed by atoms with E-state index in [9.17, 15) is 24.3 Å². The maximum atomic E-state index is 15.0. The molecule has 2 aliphatic heterocycles. The molecule has 3 aromatic rings. The molecule has 6 atom stereocenters. The summed E-state index contributed by atoms with van der Waals surface area (Å²) in [5, 5.41) is 11.0. The van der Waals surface area contributed by atoms with Crippen molar-refractivity contribution in [3.8, 4) is 5.75 Å². The second-order valence-corrected chi connectivity index (χ2v) is 12.1. The van der Waals surface area contributed by atoms with Crippen molar-refractivity contribution in [3.05, 3.63) is 107 Å². The first-order chi connectivity index (χ1) is 21.2. The van der Waals surface area contributed by atoms with Crippen molar-refractivity contribution in [2.75, 3.05) is 12.0 Å². The third-order valence-electron chi connectivity index (χ3n) is 9.73. The van der Waals surface area contributed by atoms with Gasteiger partial charge in [-0.25, -0.2) is 9.69 Å². The molecule has 0 radical (unpaired) electrons. The van der Waals surface area contributed by atoms with Crippen molar-refractivity contribution in [1.29, 1.82) is 0 Å². The number of likely N-dealkylation sites (tertiary alicyclic amines) is 1. The summed E-state index contributed by atoms with van der Waals surface area (Å²) >= 11 is 6.31. The number of anilines is 1. The molecule has 2 saturated heterocycles. The lowest BCUT2D eigenvalue weighted by Gasteiger charge is -2.50. The Morgan fingerprint density at radius 1 is 0.909 bits per heavy atom. The molecule has 0 aromatic heterocycles. The second-order valence-electron chi connectivity index (χ2n) is 11.7. The van der Waals surface area contributed by atoms with E-state index < -0.39 is 64.7 Å². The summed E-state index contributed by atoms with van der Waals surface area (Å²) in [5.41, 5.74) is 0.804. The minimum atomic E-state index is -1.45. The number of allylic oxidation sites excluding steroid dienone is 2. The van der Waals surface area contributed by atoms with E-state index in [1.54, 1.807) is 42.5 Å². The van der Waals surface area contributed by atoms with Crippen molar-refractivity contribution in [3.63, 3.8) is 0 Å². The van der Waals surface area contributed by atoms with Gasteiger partial charge in [-0.05, 0) is 60.2 Å². The van der Waals surface area contributed by atoms with Crippen molar-refractivity contribution >= 4 is 47.0 Å². The molecule has 1 saturated carbocycles. The molecular weight excluding hydrogens is 584 g/mol. The highest BCUT2D eigenvalue weighted by molar-refractivity contribution is 6.32. The summed E-state index contributed by atoms with van der Waals surface area (Å²) in [6.07, 6.45) is 1.09. The summed E-state index contributed by atoms with van der Waals surface area (Å²) < 4.78 is 4.75. The number of halogens is 1. The quantitative estimate of drug-likeness (QED) is 0.328. The van der Waals surface area contributed by atoms with Crippen LogP contribution < -0.4 is 4.90 Å². The van der Waals surface area contributed by atoms with E-state index in [4.69, 9.17) is 16.3 Å². The first-order valence-electron chi connectivity index (χ1n) is 14.3. The zero-order chi connectivity index (χ0) is 30.9. The fourth-order valence-corrected chi connectivity index (χ4v) is 8.28. The van der Waals surface area contributed by atoms with Gasteiger partial charge in [-0.15, -0.1) is 0 Å². The average Bonchev–Trinajstić information content (AvgIpc) is 3.41. The standard InChI is InChI=1S/C34H27ClN2O7/c1-44-33(43)37-29(39)24-14-13-23-25(27(24)31(37)41)17-26-30(40)36(21-11-6-10-20(35)16-21)32(42)34(26,19-8-3-2-4-9-19)28(23)18-7-5-12-22(38)15-18/h2-13,15-16,24-28,38H,14,17H2,1H3/t24-,25+,26-,27-,28-,34+/m0/s1. The maximum absolute atomic E-state index is 15.0. The number of fused-ring (bicyclic) bond motifs is 4. The van der Waals surface area contributed by atoms with Gasteiger partial charge in [0.1, 0.15) is 5.75 Å². The van der Waals surface area contributed by atoms with E-state index in [1.165, 1.54) is 11.0 Å². The average molecular weight is 611 g/mol. The number of hydrogen-bond acceptors (Lipinski definition) is 7. The molecule has 3 fully saturated rings. The number of rotatable bonds is 3. The molecule has 1 N–H and O–H groups in total. The Kier molecular flexibility index (Phi) is 6.48. The van der Waals surface area contributed by atoms with Gasteiger partial charge in [-0.1, -0.05) is 71.8 Å². The number of aromatic hydroxyl groups is 1. The zero-order valence-electron chi connectivity index (χ0n) is 23.6. The number of hydrogen-bond donors (Lipinski definition) is 1. The Bertz CT molecular complexity index is 1790. The molecule has 9 nitrogen and oxygen atoms in total. The van der Waals surface area contributed by atoms with Gasteiger partial charge in [0, 0.05) is 10.9 Å². The molecule has 2 aliphatic carbocycles. The van der Waals surface area contributed by atoms with Crippen LogP contribution in [-0.2, 0) is 29.3 Å². The molecule has 0 bridgehead atoms. The number of amides is 5. The number of benzene rings is 3. The van der Waals surface area contributed by atoms with Gasteiger partial charge in [0.25, 0.3) is 0 Å². The van der Waals surface area contributed by atoms with E-state index >= 15 is 4.79 Å². The third kappa shape index (κ3) is 3.75. The normalized spacial score (nSPS) is 29.2. The lowest BCUT2D eigenvalue weighted by Crippen LogP contribution is -2.53.